The van der Waals surface area contributed by atoms with Crippen molar-refractivity contribution in [1.82, 2.24) is 14.5 Å². The summed E-state index contributed by atoms with van der Waals surface area (Å²) in [5.74, 6) is 2.26. The lowest BCUT2D eigenvalue weighted by atomic mass is 9.81. The minimum Gasteiger partial charge on any atom is -0.369 e. The Hall–Kier alpha value is -1.58. The van der Waals surface area contributed by atoms with Crippen molar-refractivity contribution in [3.05, 3.63) is 17.8 Å². The van der Waals surface area contributed by atoms with Crippen LogP contribution in [0.15, 0.2) is 12.3 Å². The molecule has 2 N–H and O–H groups in total. The summed E-state index contributed by atoms with van der Waals surface area (Å²) < 4.78 is 2.10. The van der Waals surface area contributed by atoms with Gasteiger partial charge in [0.2, 0.25) is 5.95 Å². The monoisotopic (exact) mass is 272 g/mol. The summed E-state index contributed by atoms with van der Waals surface area (Å²) in [6, 6.07) is 2.06. The number of pyridine rings is 1. The standard InChI is InChI=1S/C16H24N4/c1-3-12-4-6-13(7-5-12)10-20-15-14(19-16(20)17)8-11(2)9-18-15/h8-9,12-13H,3-7,10H2,1-2H3,(H2,17,19). The molecule has 2 heterocycles. The summed E-state index contributed by atoms with van der Waals surface area (Å²) in [6.07, 6.45) is 8.56. The molecule has 0 radical (unpaired) electrons. The summed E-state index contributed by atoms with van der Waals surface area (Å²) in [5, 5.41) is 0. The first-order chi connectivity index (χ1) is 9.67. The molecule has 2 aromatic heterocycles. The number of imidazole rings is 1. The topological polar surface area (TPSA) is 56.7 Å². The van der Waals surface area contributed by atoms with Crippen LogP contribution in [0.2, 0.25) is 0 Å². The summed E-state index contributed by atoms with van der Waals surface area (Å²) in [4.78, 5) is 8.97. The van der Waals surface area contributed by atoms with Crippen molar-refractivity contribution in [3.63, 3.8) is 0 Å². The average molecular weight is 272 g/mol. The minimum atomic E-state index is 0.607. The highest BCUT2D eigenvalue weighted by Crippen LogP contribution is 2.32. The molecular weight excluding hydrogens is 248 g/mol. The predicted molar refractivity (Wildman–Crippen MR) is 82.4 cm³/mol. The number of anilines is 1. The van der Waals surface area contributed by atoms with Crippen molar-refractivity contribution in [2.24, 2.45) is 11.8 Å². The molecule has 0 amide bonds. The average Bonchev–Trinajstić information content (AvgIpc) is 2.75. The first-order valence-corrected chi connectivity index (χ1v) is 7.75. The molecule has 1 aliphatic carbocycles. The third-order valence-electron chi connectivity index (χ3n) is 4.74. The molecule has 20 heavy (non-hydrogen) atoms. The molecule has 108 valence electrons. The molecule has 0 saturated heterocycles. The smallest absolute Gasteiger partial charge is 0.202 e. The minimum absolute atomic E-state index is 0.607. The molecule has 0 bridgehead atoms. The Labute approximate surface area is 120 Å². The lowest BCUT2D eigenvalue weighted by Crippen LogP contribution is -2.19. The number of hydrogen-bond acceptors (Lipinski definition) is 3. The second-order valence-corrected chi connectivity index (χ2v) is 6.23. The van der Waals surface area contributed by atoms with Gasteiger partial charge in [0, 0.05) is 12.7 Å². The number of rotatable bonds is 3. The van der Waals surface area contributed by atoms with Crippen molar-refractivity contribution >= 4 is 17.1 Å². The Morgan fingerprint density at radius 2 is 1.95 bits per heavy atom. The van der Waals surface area contributed by atoms with E-state index in [1.54, 1.807) is 0 Å². The molecule has 0 atom stereocenters. The van der Waals surface area contributed by atoms with Gasteiger partial charge in [-0.05, 0) is 43.2 Å². The van der Waals surface area contributed by atoms with Crippen LogP contribution >= 0.6 is 0 Å². The van der Waals surface area contributed by atoms with Crippen LogP contribution < -0.4 is 5.73 Å². The number of nitrogens with two attached hydrogens (primary N) is 1. The first-order valence-electron chi connectivity index (χ1n) is 7.75. The van der Waals surface area contributed by atoms with E-state index in [4.69, 9.17) is 5.73 Å². The predicted octanol–water partition coefficient (Wildman–Crippen LogP) is 3.54. The fraction of sp³-hybridized carbons (Fsp3) is 0.625. The Bertz CT molecular complexity index is 594. The molecule has 0 spiro atoms. The van der Waals surface area contributed by atoms with Crippen LogP contribution in [0, 0.1) is 18.8 Å². The Kier molecular flexibility index (Phi) is 3.64. The molecule has 1 saturated carbocycles. The van der Waals surface area contributed by atoms with E-state index in [1.807, 2.05) is 13.1 Å². The molecular formula is C16H24N4. The van der Waals surface area contributed by atoms with Crippen molar-refractivity contribution in [1.29, 1.82) is 0 Å². The van der Waals surface area contributed by atoms with E-state index in [-0.39, 0.29) is 0 Å². The van der Waals surface area contributed by atoms with E-state index in [0.717, 1.165) is 35.1 Å². The largest absolute Gasteiger partial charge is 0.369 e. The van der Waals surface area contributed by atoms with Crippen LogP contribution in [0.1, 0.15) is 44.6 Å². The Morgan fingerprint density at radius 3 is 2.65 bits per heavy atom. The third kappa shape index (κ3) is 2.51. The van der Waals surface area contributed by atoms with Crippen LogP contribution in [0.25, 0.3) is 11.2 Å². The number of nitrogen functional groups attached to an aromatic ring is 1. The van der Waals surface area contributed by atoms with Gasteiger partial charge in [0.15, 0.2) is 5.65 Å². The van der Waals surface area contributed by atoms with E-state index >= 15 is 0 Å². The van der Waals surface area contributed by atoms with Crippen LogP contribution in [0.3, 0.4) is 0 Å². The van der Waals surface area contributed by atoms with Gasteiger partial charge < -0.3 is 5.73 Å². The molecule has 1 aliphatic rings. The van der Waals surface area contributed by atoms with Crippen LogP contribution in [-0.2, 0) is 6.54 Å². The van der Waals surface area contributed by atoms with Crippen molar-refractivity contribution in [2.75, 3.05) is 5.73 Å². The quantitative estimate of drug-likeness (QED) is 0.929. The Morgan fingerprint density at radius 1 is 1.25 bits per heavy atom. The maximum Gasteiger partial charge on any atom is 0.202 e. The highest BCUT2D eigenvalue weighted by molar-refractivity contribution is 5.74. The van der Waals surface area contributed by atoms with E-state index in [0.29, 0.717) is 5.95 Å². The van der Waals surface area contributed by atoms with Gasteiger partial charge >= 0.3 is 0 Å². The zero-order chi connectivity index (χ0) is 14.1. The van der Waals surface area contributed by atoms with E-state index in [9.17, 15) is 0 Å². The van der Waals surface area contributed by atoms with Crippen LogP contribution in [0.5, 0.6) is 0 Å². The molecule has 4 nitrogen and oxygen atoms in total. The summed E-state index contributed by atoms with van der Waals surface area (Å²) >= 11 is 0. The SMILES string of the molecule is CCC1CCC(Cn2c(N)nc3cc(C)cnc32)CC1. The fourth-order valence-corrected chi connectivity index (χ4v) is 3.39. The zero-order valence-electron chi connectivity index (χ0n) is 12.5. The highest BCUT2D eigenvalue weighted by Gasteiger charge is 2.22. The lowest BCUT2D eigenvalue weighted by Gasteiger charge is -2.28. The van der Waals surface area contributed by atoms with Crippen molar-refractivity contribution in [2.45, 2.75) is 52.5 Å². The summed E-state index contributed by atoms with van der Waals surface area (Å²) in [6.45, 7) is 5.31. The summed E-state index contributed by atoms with van der Waals surface area (Å²) in [5.41, 5.74) is 9.07. The van der Waals surface area contributed by atoms with E-state index in [1.165, 1.54) is 32.1 Å². The van der Waals surface area contributed by atoms with Gasteiger partial charge in [-0.1, -0.05) is 26.2 Å². The lowest BCUT2D eigenvalue weighted by molar-refractivity contribution is 0.250. The zero-order valence-corrected chi connectivity index (χ0v) is 12.5. The van der Waals surface area contributed by atoms with Gasteiger partial charge in [0.1, 0.15) is 5.52 Å². The molecule has 4 heteroatoms. The second kappa shape index (κ2) is 5.43. The molecule has 0 aromatic carbocycles. The number of aryl methyl sites for hydroxylation is 1. The fourth-order valence-electron chi connectivity index (χ4n) is 3.39. The summed E-state index contributed by atoms with van der Waals surface area (Å²) in [7, 11) is 0. The van der Waals surface area contributed by atoms with Crippen LogP contribution in [-0.4, -0.2) is 14.5 Å². The van der Waals surface area contributed by atoms with Gasteiger partial charge in [-0.3, -0.25) is 4.57 Å². The number of fused-ring (bicyclic) bond motifs is 1. The maximum atomic E-state index is 6.09. The molecule has 3 rings (SSSR count). The van der Waals surface area contributed by atoms with Crippen molar-refractivity contribution in [3.8, 4) is 0 Å². The third-order valence-corrected chi connectivity index (χ3v) is 4.74. The van der Waals surface area contributed by atoms with Gasteiger partial charge in [0.25, 0.3) is 0 Å². The maximum absolute atomic E-state index is 6.09. The van der Waals surface area contributed by atoms with Crippen LogP contribution in [0.4, 0.5) is 5.95 Å². The molecule has 2 aromatic rings. The number of hydrogen-bond donors (Lipinski definition) is 1. The van der Waals surface area contributed by atoms with E-state index in [2.05, 4.69) is 27.5 Å². The Balaban J connectivity index is 1.79. The first kappa shape index (κ1) is 13.4. The van der Waals surface area contributed by atoms with Crippen molar-refractivity contribution < 1.29 is 0 Å². The van der Waals surface area contributed by atoms with Gasteiger partial charge in [-0.2, -0.15) is 0 Å². The van der Waals surface area contributed by atoms with Gasteiger partial charge in [-0.15, -0.1) is 0 Å². The van der Waals surface area contributed by atoms with E-state index < -0.39 is 0 Å². The molecule has 0 aliphatic heterocycles. The number of aromatic nitrogens is 3. The second-order valence-electron chi connectivity index (χ2n) is 6.23. The van der Waals surface area contributed by atoms with Gasteiger partial charge in [-0.25, -0.2) is 9.97 Å². The highest BCUT2D eigenvalue weighted by atomic mass is 15.2. The molecule has 1 fully saturated rings. The normalized spacial score (nSPS) is 23.3. The molecule has 0 unspecified atom stereocenters. The van der Waals surface area contributed by atoms with Gasteiger partial charge in [0.05, 0.1) is 0 Å². The number of nitrogens with zero attached hydrogens (tertiary/aromatic N) is 3.